The van der Waals surface area contributed by atoms with Gasteiger partial charge >= 0.3 is 0 Å². The van der Waals surface area contributed by atoms with Gasteiger partial charge in [0.15, 0.2) is 0 Å². The van der Waals surface area contributed by atoms with Crippen LogP contribution >= 0.6 is 0 Å². The maximum atomic E-state index is 5.20. The molecule has 0 aromatic carbocycles. The molecule has 90 valence electrons. The van der Waals surface area contributed by atoms with Crippen LogP contribution in [0.15, 0.2) is 0 Å². The fraction of sp³-hybridized carbons (Fsp3) is 1.00. The smallest absolute Gasteiger partial charge is 0.0732 e. The zero-order valence-corrected chi connectivity index (χ0v) is 10.8. The van der Waals surface area contributed by atoms with E-state index in [-0.39, 0.29) is 5.41 Å². The number of nitrogens with two attached hydrogens (primary N) is 1. The Morgan fingerprint density at radius 2 is 1.73 bits per heavy atom. The second-order valence-corrected chi connectivity index (χ2v) is 6.16. The van der Waals surface area contributed by atoms with Crippen molar-refractivity contribution in [1.82, 2.24) is 0 Å². The number of hydrogen-bond acceptors (Lipinski definition) is 2. The molecule has 0 radical (unpaired) electrons. The molecule has 0 bridgehead atoms. The number of hydrogen-bond donors (Lipinski definition) is 1. The minimum absolute atomic E-state index is 0.247. The largest absolute Gasteiger partial charge is 0.304 e. The molecule has 0 amide bonds. The molecule has 2 N–H and O–H groups in total. The summed E-state index contributed by atoms with van der Waals surface area (Å²) in [7, 11) is 0. The Bertz CT molecular complexity index is 181. The average Bonchev–Trinajstić information content (AvgIpc) is 2.18. The summed E-state index contributed by atoms with van der Waals surface area (Å²) >= 11 is 0. The Labute approximate surface area is 94.5 Å². The molecule has 2 nitrogen and oxygen atoms in total. The van der Waals surface area contributed by atoms with Crippen molar-refractivity contribution in [2.45, 2.75) is 53.4 Å². The Morgan fingerprint density at radius 3 is 2.13 bits per heavy atom. The van der Waals surface area contributed by atoms with Crippen molar-refractivity contribution in [3.05, 3.63) is 0 Å². The van der Waals surface area contributed by atoms with Crippen molar-refractivity contribution >= 4 is 0 Å². The van der Waals surface area contributed by atoms with Crippen LogP contribution in [0, 0.1) is 23.2 Å². The van der Waals surface area contributed by atoms with Crippen LogP contribution in [-0.2, 0) is 4.84 Å². The van der Waals surface area contributed by atoms with E-state index in [2.05, 4.69) is 27.7 Å². The zero-order chi connectivity index (χ0) is 11.5. The van der Waals surface area contributed by atoms with Gasteiger partial charge in [0.2, 0.25) is 0 Å². The normalized spacial score (nSPS) is 28.4. The van der Waals surface area contributed by atoms with E-state index >= 15 is 0 Å². The van der Waals surface area contributed by atoms with Crippen LogP contribution in [0.2, 0.25) is 0 Å². The van der Waals surface area contributed by atoms with Crippen LogP contribution < -0.4 is 5.90 Å². The van der Waals surface area contributed by atoms with Gasteiger partial charge in [0, 0.05) is 0 Å². The summed E-state index contributed by atoms with van der Waals surface area (Å²) in [6, 6.07) is 0. The molecule has 0 unspecified atom stereocenters. The van der Waals surface area contributed by atoms with Crippen LogP contribution in [0.1, 0.15) is 53.4 Å². The fourth-order valence-electron chi connectivity index (χ4n) is 2.90. The van der Waals surface area contributed by atoms with Crippen molar-refractivity contribution in [2.24, 2.45) is 29.1 Å². The van der Waals surface area contributed by atoms with Crippen LogP contribution in [0.25, 0.3) is 0 Å². The van der Waals surface area contributed by atoms with Gasteiger partial charge in [-0.1, -0.05) is 27.7 Å². The number of rotatable bonds is 4. The highest BCUT2D eigenvalue weighted by atomic mass is 16.6. The molecule has 0 heterocycles. The van der Waals surface area contributed by atoms with E-state index in [1.54, 1.807) is 0 Å². The second-order valence-electron chi connectivity index (χ2n) is 6.16. The molecule has 0 saturated heterocycles. The minimum atomic E-state index is 0.247. The lowest BCUT2D eigenvalue weighted by Crippen LogP contribution is -2.34. The van der Waals surface area contributed by atoms with Crippen molar-refractivity contribution in [1.29, 1.82) is 0 Å². The topological polar surface area (TPSA) is 35.2 Å². The highest BCUT2D eigenvalue weighted by Crippen LogP contribution is 2.41. The lowest BCUT2D eigenvalue weighted by atomic mass is 9.67. The molecule has 1 aliphatic carbocycles. The first-order valence-electron chi connectivity index (χ1n) is 6.29. The third kappa shape index (κ3) is 3.46. The molecule has 0 atom stereocenters. The molecule has 0 aromatic rings. The summed E-state index contributed by atoms with van der Waals surface area (Å²) in [5, 5.41) is 0. The van der Waals surface area contributed by atoms with E-state index in [0.717, 1.165) is 17.8 Å². The first-order valence-corrected chi connectivity index (χ1v) is 6.29. The summed E-state index contributed by atoms with van der Waals surface area (Å²) in [5.41, 5.74) is 0.247. The van der Waals surface area contributed by atoms with Gasteiger partial charge < -0.3 is 4.84 Å². The van der Waals surface area contributed by atoms with E-state index in [1.165, 1.54) is 25.7 Å². The van der Waals surface area contributed by atoms with E-state index in [4.69, 9.17) is 10.7 Å². The third-order valence-electron chi connectivity index (χ3n) is 4.28. The van der Waals surface area contributed by atoms with Gasteiger partial charge in [0.05, 0.1) is 6.61 Å². The van der Waals surface area contributed by atoms with E-state index < -0.39 is 0 Å². The highest BCUT2D eigenvalue weighted by Gasteiger charge is 2.33. The maximum Gasteiger partial charge on any atom is 0.0732 e. The summed E-state index contributed by atoms with van der Waals surface area (Å²) in [4.78, 5) is 4.83. The maximum absolute atomic E-state index is 5.20. The van der Waals surface area contributed by atoms with Crippen LogP contribution in [0.4, 0.5) is 0 Å². The van der Waals surface area contributed by atoms with E-state index in [0.29, 0.717) is 6.61 Å². The van der Waals surface area contributed by atoms with Gasteiger partial charge in [-0.05, 0) is 48.9 Å². The molecule has 1 saturated carbocycles. The molecule has 15 heavy (non-hydrogen) atoms. The van der Waals surface area contributed by atoms with Crippen molar-refractivity contribution in [3.63, 3.8) is 0 Å². The third-order valence-corrected chi connectivity index (χ3v) is 4.28. The van der Waals surface area contributed by atoms with Gasteiger partial charge in [-0.15, -0.1) is 0 Å². The average molecular weight is 213 g/mol. The zero-order valence-electron chi connectivity index (χ0n) is 10.8. The Hall–Kier alpha value is -0.0800. The first-order chi connectivity index (χ1) is 6.97. The van der Waals surface area contributed by atoms with E-state index in [9.17, 15) is 0 Å². The highest BCUT2D eigenvalue weighted by molar-refractivity contribution is 4.83. The molecular formula is C13H27NO. The predicted octanol–water partition coefficient (Wildman–Crippen LogP) is 3.37. The Morgan fingerprint density at radius 1 is 1.20 bits per heavy atom. The van der Waals surface area contributed by atoms with Crippen molar-refractivity contribution in [2.75, 3.05) is 6.61 Å². The van der Waals surface area contributed by atoms with Crippen LogP contribution in [-0.4, -0.2) is 6.61 Å². The fourth-order valence-corrected chi connectivity index (χ4v) is 2.90. The molecule has 0 spiro atoms. The second kappa shape index (κ2) is 5.31. The molecule has 2 heteroatoms. The first kappa shape index (κ1) is 13.0. The lowest BCUT2D eigenvalue weighted by molar-refractivity contribution is 0.00825. The molecule has 1 aliphatic rings. The quantitative estimate of drug-likeness (QED) is 0.727. The van der Waals surface area contributed by atoms with Crippen LogP contribution in [0.5, 0.6) is 0 Å². The minimum Gasteiger partial charge on any atom is -0.304 e. The summed E-state index contributed by atoms with van der Waals surface area (Å²) in [6.45, 7) is 9.93. The lowest BCUT2D eigenvalue weighted by Gasteiger charge is -2.39. The van der Waals surface area contributed by atoms with Crippen molar-refractivity contribution < 1.29 is 4.84 Å². The predicted molar refractivity (Wildman–Crippen MR) is 64.2 cm³/mol. The summed E-state index contributed by atoms with van der Waals surface area (Å²) < 4.78 is 0. The SMILES string of the molecule is CC(C)C1CCC(C(C)(C)CON)CC1. The van der Waals surface area contributed by atoms with Gasteiger partial charge in [-0.3, -0.25) is 0 Å². The molecule has 1 fully saturated rings. The molecular weight excluding hydrogens is 186 g/mol. The van der Waals surface area contributed by atoms with Gasteiger partial charge in [-0.25, -0.2) is 5.90 Å². The Kier molecular flexibility index (Phi) is 4.60. The Balaban J connectivity index is 2.43. The summed E-state index contributed by atoms with van der Waals surface area (Å²) in [5.74, 6) is 7.77. The molecule has 0 aromatic heterocycles. The van der Waals surface area contributed by atoms with E-state index in [1.807, 2.05) is 0 Å². The monoisotopic (exact) mass is 213 g/mol. The summed E-state index contributed by atoms with van der Waals surface area (Å²) in [6.07, 6.45) is 5.46. The molecule has 1 rings (SSSR count). The van der Waals surface area contributed by atoms with Gasteiger partial charge in [-0.2, -0.15) is 0 Å². The van der Waals surface area contributed by atoms with Gasteiger partial charge in [0.25, 0.3) is 0 Å². The molecule has 0 aliphatic heterocycles. The van der Waals surface area contributed by atoms with Gasteiger partial charge in [0.1, 0.15) is 0 Å². The standard InChI is InChI=1S/C13H27NO/c1-10(2)11-5-7-12(8-6-11)13(3,4)9-15-14/h10-12H,5-9,14H2,1-4H3. The van der Waals surface area contributed by atoms with Crippen LogP contribution in [0.3, 0.4) is 0 Å². The van der Waals surface area contributed by atoms with Crippen molar-refractivity contribution in [3.8, 4) is 0 Å².